The van der Waals surface area contributed by atoms with Gasteiger partial charge in [-0.25, -0.2) is 0 Å². The van der Waals surface area contributed by atoms with Crippen LogP contribution >= 0.6 is 0 Å². The van der Waals surface area contributed by atoms with E-state index in [0.29, 0.717) is 23.7 Å². The first-order valence-corrected chi connectivity index (χ1v) is 7.77. The summed E-state index contributed by atoms with van der Waals surface area (Å²) < 4.78 is 0. The third-order valence-electron chi connectivity index (χ3n) is 5.72. The topological polar surface area (TPSA) is 0 Å². The van der Waals surface area contributed by atoms with E-state index in [-0.39, 0.29) is 5.41 Å². The van der Waals surface area contributed by atoms with Gasteiger partial charge in [-0.1, -0.05) is 85.3 Å². The summed E-state index contributed by atoms with van der Waals surface area (Å²) in [7, 11) is 5.88. The molecule has 4 rings (SSSR count). The molecule has 2 radical (unpaired) electrons. The number of benzene rings is 1. The first-order valence-electron chi connectivity index (χ1n) is 7.77. The third-order valence-corrected chi connectivity index (χ3v) is 5.72. The van der Waals surface area contributed by atoms with Crippen LogP contribution in [-0.4, -0.2) is 7.85 Å². The van der Waals surface area contributed by atoms with Gasteiger partial charge in [0.1, 0.15) is 7.85 Å². The van der Waals surface area contributed by atoms with Crippen molar-refractivity contribution >= 4 is 13.3 Å². The molecule has 0 spiro atoms. The molecule has 102 valence electrons. The number of fused-ring (bicyclic) bond motifs is 3. The lowest BCUT2D eigenvalue weighted by Crippen LogP contribution is -2.34. The molecule has 0 saturated heterocycles. The van der Waals surface area contributed by atoms with Crippen LogP contribution in [0.4, 0.5) is 0 Å². The van der Waals surface area contributed by atoms with E-state index in [9.17, 15) is 0 Å². The van der Waals surface area contributed by atoms with Crippen LogP contribution in [-0.2, 0) is 5.41 Å². The summed E-state index contributed by atoms with van der Waals surface area (Å²) in [5.74, 6) is 2.30. The van der Waals surface area contributed by atoms with Crippen molar-refractivity contribution in [3.8, 4) is 0 Å². The summed E-state index contributed by atoms with van der Waals surface area (Å²) >= 11 is 0. The Balaban J connectivity index is 1.87. The molecule has 0 amide bonds. The Morgan fingerprint density at radius 1 is 0.762 bits per heavy atom. The van der Waals surface area contributed by atoms with Gasteiger partial charge in [0, 0.05) is 5.41 Å². The van der Waals surface area contributed by atoms with Crippen LogP contribution in [0.2, 0.25) is 0 Å². The predicted octanol–water partition coefficient (Wildman–Crippen LogP) is 3.47. The summed E-state index contributed by atoms with van der Waals surface area (Å²) in [6, 6.07) is 8.50. The lowest BCUT2D eigenvalue weighted by molar-refractivity contribution is 0.328. The first kappa shape index (κ1) is 12.9. The maximum atomic E-state index is 5.88. The minimum atomic E-state index is 0.131. The molecule has 0 heterocycles. The van der Waals surface area contributed by atoms with Crippen LogP contribution in [0.15, 0.2) is 72.9 Å². The maximum absolute atomic E-state index is 5.88. The number of hydrogen-bond donors (Lipinski definition) is 0. The largest absolute Gasteiger partial charge is 0.113 e. The Bertz CT molecular complexity index is 626. The fourth-order valence-electron chi connectivity index (χ4n) is 4.63. The Hall–Kier alpha value is -1.76. The molecular weight excluding hydrogens is 251 g/mol. The van der Waals surface area contributed by atoms with Crippen LogP contribution in [0.5, 0.6) is 0 Å². The van der Waals surface area contributed by atoms with E-state index in [4.69, 9.17) is 7.85 Å². The van der Waals surface area contributed by atoms with Gasteiger partial charge in [-0.2, -0.15) is 0 Å². The normalized spacial score (nSPS) is 39.3. The van der Waals surface area contributed by atoms with Gasteiger partial charge in [-0.15, -0.1) is 0 Å². The van der Waals surface area contributed by atoms with Gasteiger partial charge >= 0.3 is 0 Å². The summed E-state index contributed by atoms with van der Waals surface area (Å²) in [5, 5.41) is 0. The minimum Gasteiger partial charge on any atom is -0.0967 e. The van der Waals surface area contributed by atoms with Gasteiger partial charge in [0.05, 0.1) is 0 Å². The quantitative estimate of drug-likeness (QED) is 0.685. The molecule has 4 atom stereocenters. The fourth-order valence-corrected chi connectivity index (χ4v) is 4.63. The highest BCUT2D eigenvalue weighted by molar-refractivity contribution is 6.32. The Labute approximate surface area is 128 Å². The van der Waals surface area contributed by atoms with Gasteiger partial charge < -0.3 is 0 Å². The van der Waals surface area contributed by atoms with Gasteiger partial charge in [0.2, 0.25) is 0 Å². The van der Waals surface area contributed by atoms with E-state index in [0.717, 1.165) is 5.46 Å². The monoisotopic (exact) mass is 270 g/mol. The molecule has 0 aliphatic heterocycles. The molecule has 0 nitrogen and oxygen atoms in total. The zero-order valence-corrected chi connectivity index (χ0v) is 12.3. The Kier molecular flexibility index (Phi) is 2.85. The molecule has 1 fully saturated rings. The standard InChI is InChI=1S/C20H19B/c1-20(14-10-12-15(21)13-11-14)18-8-4-2-6-16(18)17-7-3-5-9-19(17)20/h2-13,16-19H,1H3. The molecule has 0 aromatic heterocycles. The van der Waals surface area contributed by atoms with Crippen LogP contribution in [0, 0.1) is 23.7 Å². The molecule has 3 aliphatic carbocycles. The second kappa shape index (κ2) is 4.63. The number of hydrogen-bond acceptors (Lipinski definition) is 0. The van der Waals surface area contributed by atoms with Gasteiger partial charge in [0.15, 0.2) is 0 Å². The number of rotatable bonds is 1. The third kappa shape index (κ3) is 1.76. The van der Waals surface area contributed by atoms with Gasteiger partial charge in [0.25, 0.3) is 0 Å². The van der Waals surface area contributed by atoms with E-state index in [1.807, 2.05) is 12.1 Å². The van der Waals surface area contributed by atoms with Crippen molar-refractivity contribution in [1.82, 2.24) is 0 Å². The van der Waals surface area contributed by atoms with Crippen molar-refractivity contribution in [3.05, 3.63) is 78.4 Å². The summed E-state index contributed by atoms with van der Waals surface area (Å²) in [6.45, 7) is 2.42. The molecule has 0 N–H and O–H groups in total. The minimum absolute atomic E-state index is 0.131. The molecule has 1 aromatic carbocycles. The van der Waals surface area contributed by atoms with Crippen LogP contribution in [0.25, 0.3) is 0 Å². The molecular formula is C20H19B. The number of allylic oxidation sites excluding steroid dienone is 8. The van der Waals surface area contributed by atoms with Crippen molar-refractivity contribution in [1.29, 1.82) is 0 Å². The summed E-state index contributed by atoms with van der Waals surface area (Å²) in [4.78, 5) is 0. The van der Waals surface area contributed by atoms with Crippen LogP contribution in [0.3, 0.4) is 0 Å². The Morgan fingerprint density at radius 3 is 1.76 bits per heavy atom. The lowest BCUT2D eigenvalue weighted by atomic mass is 9.66. The van der Waals surface area contributed by atoms with E-state index in [1.165, 1.54) is 5.56 Å². The molecule has 21 heavy (non-hydrogen) atoms. The molecule has 1 heteroatoms. The second-order valence-electron chi connectivity index (χ2n) is 6.65. The molecule has 1 aromatic rings. The van der Waals surface area contributed by atoms with Crippen molar-refractivity contribution in [3.63, 3.8) is 0 Å². The van der Waals surface area contributed by atoms with Crippen LogP contribution < -0.4 is 5.46 Å². The summed E-state index contributed by atoms with van der Waals surface area (Å²) in [6.07, 6.45) is 18.4. The molecule has 4 unspecified atom stereocenters. The van der Waals surface area contributed by atoms with Gasteiger partial charge in [-0.05, 0) is 29.2 Å². The SMILES string of the molecule is [B]c1ccc(C2(C)C3C=CC=CC3C3C=CC=CC32)cc1. The molecule has 1 saturated carbocycles. The highest BCUT2D eigenvalue weighted by Gasteiger charge is 2.55. The average molecular weight is 270 g/mol. The van der Waals surface area contributed by atoms with Crippen molar-refractivity contribution < 1.29 is 0 Å². The van der Waals surface area contributed by atoms with Crippen molar-refractivity contribution in [2.75, 3.05) is 0 Å². The van der Waals surface area contributed by atoms with E-state index in [2.05, 4.69) is 67.7 Å². The Morgan fingerprint density at radius 2 is 1.24 bits per heavy atom. The van der Waals surface area contributed by atoms with Gasteiger partial charge in [-0.3, -0.25) is 0 Å². The zero-order valence-electron chi connectivity index (χ0n) is 12.3. The molecule has 0 bridgehead atoms. The van der Waals surface area contributed by atoms with E-state index in [1.54, 1.807) is 0 Å². The average Bonchev–Trinajstić information content (AvgIpc) is 2.80. The van der Waals surface area contributed by atoms with Crippen molar-refractivity contribution in [2.24, 2.45) is 23.7 Å². The fraction of sp³-hybridized carbons (Fsp3) is 0.300. The predicted molar refractivity (Wildman–Crippen MR) is 89.7 cm³/mol. The van der Waals surface area contributed by atoms with Crippen LogP contribution in [0.1, 0.15) is 12.5 Å². The second-order valence-corrected chi connectivity index (χ2v) is 6.65. The molecule has 3 aliphatic rings. The lowest BCUT2D eigenvalue weighted by Gasteiger charge is -2.37. The zero-order chi connectivity index (χ0) is 14.4. The smallest absolute Gasteiger partial charge is 0.0967 e. The van der Waals surface area contributed by atoms with E-state index >= 15 is 0 Å². The maximum Gasteiger partial charge on any atom is 0.113 e. The highest BCUT2D eigenvalue weighted by Crippen LogP contribution is 2.58. The first-order chi connectivity index (χ1) is 10.2. The van der Waals surface area contributed by atoms with Crippen molar-refractivity contribution in [2.45, 2.75) is 12.3 Å². The highest BCUT2D eigenvalue weighted by atomic mass is 14.6. The summed E-state index contributed by atoms with van der Waals surface area (Å²) in [5.41, 5.74) is 2.37. The van der Waals surface area contributed by atoms with E-state index < -0.39 is 0 Å².